The second-order valence-electron chi connectivity index (χ2n) is 5.84. The van der Waals surface area contributed by atoms with Crippen LogP contribution in [-0.2, 0) is 4.79 Å². The highest BCUT2D eigenvalue weighted by atomic mass is 35.5. The Bertz CT molecular complexity index is 789. The number of piperidine rings is 1. The zero-order chi connectivity index (χ0) is 17.3. The predicted molar refractivity (Wildman–Crippen MR) is 88.9 cm³/mol. The van der Waals surface area contributed by atoms with Crippen molar-refractivity contribution >= 4 is 23.4 Å². The fourth-order valence-corrected chi connectivity index (χ4v) is 3.08. The van der Waals surface area contributed by atoms with Gasteiger partial charge in [-0.05, 0) is 31.9 Å². The molecule has 8 heteroatoms. The van der Waals surface area contributed by atoms with Gasteiger partial charge in [0.25, 0.3) is 5.91 Å². The molecule has 3 rings (SSSR count). The lowest BCUT2D eigenvalue weighted by Crippen LogP contribution is -2.44. The van der Waals surface area contributed by atoms with Crippen molar-refractivity contribution < 1.29 is 9.59 Å². The number of hydrogen-bond acceptors (Lipinski definition) is 4. The van der Waals surface area contributed by atoms with Crippen LogP contribution in [0, 0.1) is 12.8 Å². The Morgan fingerprint density at radius 2 is 2.08 bits per heavy atom. The van der Waals surface area contributed by atoms with Gasteiger partial charge in [0.15, 0.2) is 0 Å². The molecule has 2 heterocycles. The number of likely N-dealkylation sites (tertiary alicyclic amines) is 1. The highest BCUT2D eigenvalue weighted by Crippen LogP contribution is 2.21. The number of aromatic nitrogens is 3. The lowest BCUT2D eigenvalue weighted by Gasteiger charge is -2.30. The molecule has 2 N–H and O–H groups in total. The summed E-state index contributed by atoms with van der Waals surface area (Å²) < 4.78 is 1.55. The molecular formula is C16H18ClN5O2. The van der Waals surface area contributed by atoms with Crippen LogP contribution in [0.4, 0.5) is 0 Å². The fraction of sp³-hybridized carbons (Fsp3) is 0.375. The molecule has 0 saturated carbocycles. The lowest BCUT2D eigenvalue weighted by atomic mass is 9.97. The number of nitrogens with two attached hydrogens (primary N) is 1. The molecular weight excluding hydrogens is 330 g/mol. The van der Waals surface area contributed by atoms with Crippen LogP contribution in [0.2, 0.25) is 5.02 Å². The second kappa shape index (κ2) is 6.60. The summed E-state index contributed by atoms with van der Waals surface area (Å²) in [7, 11) is 0. The maximum atomic E-state index is 12.7. The number of carbonyl (C=O) groups excluding carboxylic acids is 2. The molecule has 0 unspecified atom stereocenters. The number of halogens is 1. The van der Waals surface area contributed by atoms with E-state index >= 15 is 0 Å². The van der Waals surface area contributed by atoms with Crippen molar-refractivity contribution in [1.82, 2.24) is 19.7 Å². The van der Waals surface area contributed by atoms with Crippen molar-refractivity contribution in [3.05, 3.63) is 40.9 Å². The molecule has 1 atom stereocenters. The third-order valence-corrected chi connectivity index (χ3v) is 4.47. The maximum absolute atomic E-state index is 12.7. The first-order valence-corrected chi connectivity index (χ1v) is 8.12. The van der Waals surface area contributed by atoms with Crippen LogP contribution >= 0.6 is 11.6 Å². The summed E-state index contributed by atoms with van der Waals surface area (Å²) >= 11 is 6.19. The lowest BCUT2D eigenvalue weighted by molar-refractivity contribution is -0.123. The average Bonchev–Trinajstić information content (AvgIpc) is 2.96. The van der Waals surface area contributed by atoms with E-state index in [1.165, 1.54) is 0 Å². The molecule has 1 aromatic carbocycles. The normalized spacial score (nSPS) is 17.8. The summed E-state index contributed by atoms with van der Waals surface area (Å²) in [5.41, 5.74) is 6.03. The number of amides is 2. The van der Waals surface area contributed by atoms with E-state index in [9.17, 15) is 9.59 Å². The average molecular weight is 348 g/mol. The van der Waals surface area contributed by atoms with Crippen molar-refractivity contribution in [1.29, 1.82) is 0 Å². The van der Waals surface area contributed by atoms with Gasteiger partial charge >= 0.3 is 0 Å². The Kier molecular flexibility index (Phi) is 4.53. The van der Waals surface area contributed by atoms with Gasteiger partial charge in [-0.25, -0.2) is 9.67 Å². The highest BCUT2D eigenvalue weighted by molar-refractivity contribution is 6.32. The third-order valence-electron chi connectivity index (χ3n) is 4.15. The van der Waals surface area contributed by atoms with Crippen molar-refractivity contribution in [2.45, 2.75) is 19.8 Å². The molecule has 0 radical (unpaired) electrons. The summed E-state index contributed by atoms with van der Waals surface area (Å²) in [6.07, 6.45) is 1.45. The minimum absolute atomic E-state index is 0.0949. The Morgan fingerprint density at radius 3 is 2.79 bits per heavy atom. The molecule has 1 aliphatic heterocycles. The molecule has 0 bridgehead atoms. The summed E-state index contributed by atoms with van der Waals surface area (Å²) in [6.45, 7) is 2.64. The largest absolute Gasteiger partial charge is 0.369 e. The summed E-state index contributed by atoms with van der Waals surface area (Å²) in [6, 6.07) is 7.22. The maximum Gasteiger partial charge on any atom is 0.293 e. The van der Waals surface area contributed by atoms with Crippen LogP contribution in [0.3, 0.4) is 0 Å². The van der Waals surface area contributed by atoms with Crippen LogP contribution in [0.25, 0.3) is 5.69 Å². The van der Waals surface area contributed by atoms with E-state index in [-0.39, 0.29) is 23.6 Å². The van der Waals surface area contributed by atoms with Gasteiger partial charge < -0.3 is 10.6 Å². The van der Waals surface area contributed by atoms with Gasteiger partial charge in [0.1, 0.15) is 5.82 Å². The quantitative estimate of drug-likeness (QED) is 0.911. The fourth-order valence-electron chi connectivity index (χ4n) is 2.87. The monoisotopic (exact) mass is 347 g/mol. The smallest absolute Gasteiger partial charge is 0.293 e. The number of aryl methyl sites for hydroxylation is 1. The van der Waals surface area contributed by atoms with Crippen LogP contribution in [-0.4, -0.2) is 44.6 Å². The minimum Gasteiger partial charge on any atom is -0.369 e. The SMILES string of the molecule is Cc1nc(C(=O)N2CCC[C@H](C(N)=O)C2)nn1-c1ccccc1Cl. The van der Waals surface area contributed by atoms with Gasteiger partial charge in [0.05, 0.1) is 16.6 Å². The Labute approximate surface area is 144 Å². The molecule has 1 fully saturated rings. The van der Waals surface area contributed by atoms with E-state index < -0.39 is 0 Å². The van der Waals surface area contributed by atoms with Crippen molar-refractivity contribution in [3.8, 4) is 5.69 Å². The second-order valence-corrected chi connectivity index (χ2v) is 6.25. The van der Waals surface area contributed by atoms with Gasteiger partial charge in [-0.1, -0.05) is 23.7 Å². The predicted octanol–water partition coefficient (Wildman–Crippen LogP) is 1.57. The van der Waals surface area contributed by atoms with Gasteiger partial charge in [0, 0.05) is 13.1 Å². The van der Waals surface area contributed by atoms with E-state index in [2.05, 4.69) is 10.1 Å². The third kappa shape index (κ3) is 3.12. The van der Waals surface area contributed by atoms with Crippen LogP contribution in [0.5, 0.6) is 0 Å². The number of hydrogen-bond donors (Lipinski definition) is 1. The zero-order valence-corrected chi connectivity index (χ0v) is 14.0. The number of nitrogens with zero attached hydrogens (tertiary/aromatic N) is 4. The topological polar surface area (TPSA) is 94.1 Å². The Hall–Kier alpha value is -2.41. The number of primary amides is 1. The van der Waals surface area contributed by atoms with E-state index in [1.807, 2.05) is 18.2 Å². The molecule has 1 aliphatic rings. The first-order chi connectivity index (χ1) is 11.5. The van der Waals surface area contributed by atoms with Crippen molar-refractivity contribution in [2.75, 3.05) is 13.1 Å². The van der Waals surface area contributed by atoms with E-state index in [0.717, 1.165) is 6.42 Å². The van der Waals surface area contributed by atoms with E-state index in [0.29, 0.717) is 36.0 Å². The first kappa shape index (κ1) is 16.4. The first-order valence-electron chi connectivity index (χ1n) is 7.74. The van der Waals surface area contributed by atoms with E-state index in [1.54, 1.807) is 22.6 Å². The minimum atomic E-state index is -0.377. The highest BCUT2D eigenvalue weighted by Gasteiger charge is 2.29. The van der Waals surface area contributed by atoms with Gasteiger partial charge in [-0.2, -0.15) is 0 Å². The molecule has 7 nitrogen and oxygen atoms in total. The molecule has 1 aromatic heterocycles. The van der Waals surface area contributed by atoms with Crippen LogP contribution in [0.1, 0.15) is 29.3 Å². The Balaban J connectivity index is 1.86. The van der Waals surface area contributed by atoms with Crippen LogP contribution < -0.4 is 5.73 Å². The summed E-state index contributed by atoms with van der Waals surface area (Å²) in [5, 5.41) is 4.82. The Morgan fingerprint density at radius 1 is 1.33 bits per heavy atom. The van der Waals surface area contributed by atoms with Crippen molar-refractivity contribution in [3.63, 3.8) is 0 Å². The summed E-state index contributed by atoms with van der Waals surface area (Å²) in [5.74, 6) is -0.324. The molecule has 2 aromatic rings. The molecule has 0 aliphatic carbocycles. The van der Waals surface area contributed by atoms with Gasteiger partial charge in [0.2, 0.25) is 11.7 Å². The molecule has 126 valence electrons. The van der Waals surface area contributed by atoms with Crippen LogP contribution in [0.15, 0.2) is 24.3 Å². The number of carbonyl (C=O) groups is 2. The molecule has 1 saturated heterocycles. The number of benzene rings is 1. The summed E-state index contributed by atoms with van der Waals surface area (Å²) in [4.78, 5) is 29.9. The molecule has 2 amide bonds. The standard InChI is InChI=1S/C16H18ClN5O2/c1-10-19-15(20-22(10)13-7-3-2-6-12(13)17)16(24)21-8-4-5-11(9-21)14(18)23/h2-3,6-7,11H,4-5,8-9H2,1H3,(H2,18,23)/t11-/m0/s1. The zero-order valence-electron chi connectivity index (χ0n) is 13.3. The van der Waals surface area contributed by atoms with Crippen molar-refractivity contribution in [2.24, 2.45) is 11.7 Å². The molecule has 24 heavy (non-hydrogen) atoms. The van der Waals surface area contributed by atoms with Gasteiger partial charge in [-0.15, -0.1) is 5.10 Å². The number of rotatable bonds is 3. The van der Waals surface area contributed by atoms with Gasteiger partial charge in [-0.3, -0.25) is 9.59 Å². The molecule has 0 spiro atoms. The number of para-hydroxylation sites is 1. The van der Waals surface area contributed by atoms with E-state index in [4.69, 9.17) is 17.3 Å².